The molecule has 21 heavy (non-hydrogen) atoms. The lowest BCUT2D eigenvalue weighted by Crippen LogP contribution is -2.37. The number of nitrogens with one attached hydrogen (secondary N) is 1. The Labute approximate surface area is 130 Å². The van der Waals surface area contributed by atoms with Crippen molar-refractivity contribution < 1.29 is 13.2 Å². The Morgan fingerprint density at radius 3 is 2.57 bits per heavy atom. The molecule has 0 radical (unpaired) electrons. The third-order valence-corrected chi connectivity index (χ3v) is 3.76. The molecular formula is C15H22ClF3N2. The standard InChI is InChI=1S/C15H21F3N2.ClH/c1-2-9-20(13-7-8-19-10-13)11-12-5-3-4-6-14(12)15(16,17)18;/h3-6,13,19H,2,7-11H2,1H3;1H. The molecule has 1 aliphatic heterocycles. The van der Waals surface area contributed by atoms with Crippen LogP contribution >= 0.6 is 12.4 Å². The van der Waals surface area contributed by atoms with E-state index in [4.69, 9.17) is 0 Å². The number of rotatable bonds is 5. The van der Waals surface area contributed by atoms with Crippen LogP contribution in [0, 0.1) is 0 Å². The van der Waals surface area contributed by atoms with Crippen molar-refractivity contribution in [1.82, 2.24) is 10.2 Å². The summed E-state index contributed by atoms with van der Waals surface area (Å²) in [5, 5.41) is 3.28. The van der Waals surface area contributed by atoms with Gasteiger partial charge in [-0.25, -0.2) is 0 Å². The Bertz CT molecular complexity index is 431. The van der Waals surface area contributed by atoms with E-state index in [1.54, 1.807) is 12.1 Å². The maximum absolute atomic E-state index is 13.0. The Morgan fingerprint density at radius 2 is 2.00 bits per heavy atom. The van der Waals surface area contributed by atoms with Crippen molar-refractivity contribution in [2.45, 2.75) is 38.5 Å². The SMILES string of the molecule is CCCN(Cc1ccccc1C(F)(F)F)C1CCNC1.Cl. The van der Waals surface area contributed by atoms with Crippen LogP contribution in [0.4, 0.5) is 13.2 Å². The molecule has 0 saturated carbocycles. The van der Waals surface area contributed by atoms with Crippen molar-refractivity contribution in [3.63, 3.8) is 0 Å². The van der Waals surface area contributed by atoms with E-state index in [1.165, 1.54) is 12.1 Å². The summed E-state index contributed by atoms with van der Waals surface area (Å²) in [7, 11) is 0. The summed E-state index contributed by atoms with van der Waals surface area (Å²) in [6.07, 6.45) is -2.32. The van der Waals surface area contributed by atoms with Gasteiger partial charge in [-0.1, -0.05) is 25.1 Å². The van der Waals surface area contributed by atoms with Crippen LogP contribution in [0.1, 0.15) is 30.9 Å². The first-order valence-corrected chi connectivity index (χ1v) is 7.12. The molecular weight excluding hydrogens is 301 g/mol. The summed E-state index contributed by atoms with van der Waals surface area (Å²) in [5.41, 5.74) is -0.132. The van der Waals surface area contributed by atoms with Crippen molar-refractivity contribution in [3.05, 3.63) is 35.4 Å². The Balaban J connectivity index is 0.00000220. The second-order valence-corrected chi connectivity index (χ2v) is 5.27. The molecule has 1 aromatic rings. The molecule has 2 rings (SSSR count). The van der Waals surface area contributed by atoms with E-state index >= 15 is 0 Å². The first-order valence-electron chi connectivity index (χ1n) is 7.12. The van der Waals surface area contributed by atoms with E-state index in [0.717, 1.165) is 32.5 Å². The lowest BCUT2D eigenvalue weighted by molar-refractivity contribution is -0.138. The van der Waals surface area contributed by atoms with Crippen molar-refractivity contribution in [2.75, 3.05) is 19.6 Å². The molecule has 0 bridgehead atoms. The van der Waals surface area contributed by atoms with Gasteiger partial charge < -0.3 is 5.32 Å². The highest BCUT2D eigenvalue weighted by Gasteiger charge is 2.33. The van der Waals surface area contributed by atoms with Crippen molar-refractivity contribution in [3.8, 4) is 0 Å². The number of halogens is 4. The number of benzene rings is 1. The van der Waals surface area contributed by atoms with Crippen LogP contribution in [0.2, 0.25) is 0 Å². The zero-order valence-corrected chi connectivity index (χ0v) is 12.9. The zero-order chi connectivity index (χ0) is 14.6. The lowest BCUT2D eigenvalue weighted by atomic mass is 10.1. The monoisotopic (exact) mass is 322 g/mol. The average Bonchev–Trinajstić information content (AvgIpc) is 2.91. The molecule has 120 valence electrons. The van der Waals surface area contributed by atoms with Crippen LogP contribution in [0.15, 0.2) is 24.3 Å². The fraction of sp³-hybridized carbons (Fsp3) is 0.600. The summed E-state index contributed by atoms with van der Waals surface area (Å²) in [6.45, 7) is 5.08. The van der Waals surface area contributed by atoms with Crippen LogP contribution in [-0.4, -0.2) is 30.6 Å². The predicted octanol–water partition coefficient (Wildman–Crippen LogP) is 3.70. The molecule has 0 aromatic heterocycles. The third kappa shape index (κ3) is 4.87. The van der Waals surface area contributed by atoms with Crippen LogP contribution in [0.3, 0.4) is 0 Å². The summed E-state index contributed by atoms with van der Waals surface area (Å²) in [6, 6.07) is 6.24. The quantitative estimate of drug-likeness (QED) is 0.889. The van der Waals surface area contributed by atoms with Gasteiger partial charge in [0.05, 0.1) is 5.56 Å². The second kappa shape index (κ2) is 8.01. The minimum absolute atomic E-state index is 0. The van der Waals surface area contributed by atoms with E-state index in [-0.39, 0.29) is 12.4 Å². The molecule has 1 fully saturated rings. The topological polar surface area (TPSA) is 15.3 Å². The molecule has 0 amide bonds. The molecule has 2 nitrogen and oxygen atoms in total. The molecule has 6 heteroatoms. The van der Waals surface area contributed by atoms with E-state index in [9.17, 15) is 13.2 Å². The molecule has 1 atom stereocenters. The number of hydrogen-bond acceptors (Lipinski definition) is 2. The minimum atomic E-state index is -4.28. The zero-order valence-electron chi connectivity index (χ0n) is 12.1. The Morgan fingerprint density at radius 1 is 1.29 bits per heavy atom. The smallest absolute Gasteiger partial charge is 0.315 e. The van der Waals surface area contributed by atoms with E-state index in [0.29, 0.717) is 18.2 Å². The van der Waals surface area contributed by atoms with Gasteiger partial charge in [0.25, 0.3) is 0 Å². The highest BCUT2D eigenvalue weighted by Crippen LogP contribution is 2.32. The molecule has 0 spiro atoms. The van der Waals surface area contributed by atoms with Gasteiger partial charge in [0.1, 0.15) is 0 Å². The number of hydrogen-bond donors (Lipinski definition) is 1. The van der Waals surface area contributed by atoms with Crippen LogP contribution in [-0.2, 0) is 12.7 Å². The molecule has 1 N–H and O–H groups in total. The van der Waals surface area contributed by atoms with Gasteiger partial charge >= 0.3 is 6.18 Å². The number of nitrogens with zero attached hydrogens (tertiary/aromatic N) is 1. The van der Waals surface area contributed by atoms with Gasteiger partial charge in [0, 0.05) is 19.1 Å². The summed E-state index contributed by atoms with van der Waals surface area (Å²) >= 11 is 0. The first-order chi connectivity index (χ1) is 9.52. The molecule has 1 aliphatic rings. The van der Waals surface area contributed by atoms with E-state index in [1.807, 2.05) is 0 Å². The Hall–Kier alpha value is -0.780. The van der Waals surface area contributed by atoms with Crippen molar-refractivity contribution in [1.29, 1.82) is 0 Å². The van der Waals surface area contributed by atoms with Gasteiger partial charge in [-0.05, 0) is 37.6 Å². The van der Waals surface area contributed by atoms with Crippen LogP contribution in [0.5, 0.6) is 0 Å². The van der Waals surface area contributed by atoms with Gasteiger partial charge in [0.2, 0.25) is 0 Å². The normalized spacial score (nSPS) is 18.8. The van der Waals surface area contributed by atoms with Gasteiger partial charge in [-0.2, -0.15) is 13.2 Å². The molecule has 1 aromatic carbocycles. The first kappa shape index (κ1) is 18.3. The van der Waals surface area contributed by atoms with E-state index < -0.39 is 11.7 Å². The molecule has 1 saturated heterocycles. The Kier molecular flexibility index (Phi) is 6.97. The fourth-order valence-electron chi connectivity index (χ4n) is 2.78. The summed E-state index contributed by atoms with van der Waals surface area (Å²) in [4.78, 5) is 2.17. The molecule has 1 heterocycles. The largest absolute Gasteiger partial charge is 0.416 e. The average molecular weight is 323 g/mol. The van der Waals surface area contributed by atoms with Gasteiger partial charge in [-0.3, -0.25) is 4.90 Å². The lowest BCUT2D eigenvalue weighted by Gasteiger charge is -2.29. The highest BCUT2D eigenvalue weighted by molar-refractivity contribution is 5.85. The van der Waals surface area contributed by atoms with Crippen LogP contribution in [0.25, 0.3) is 0 Å². The third-order valence-electron chi connectivity index (χ3n) is 3.76. The highest BCUT2D eigenvalue weighted by atomic mass is 35.5. The fourth-order valence-corrected chi connectivity index (χ4v) is 2.78. The van der Waals surface area contributed by atoms with Gasteiger partial charge in [0.15, 0.2) is 0 Å². The van der Waals surface area contributed by atoms with Gasteiger partial charge in [-0.15, -0.1) is 12.4 Å². The van der Waals surface area contributed by atoms with Crippen LogP contribution < -0.4 is 5.32 Å². The maximum Gasteiger partial charge on any atom is 0.416 e. The van der Waals surface area contributed by atoms with Crippen molar-refractivity contribution >= 4 is 12.4 Å². The number of alkyl halides is 3. The van der Waals surface area contributed by atoms with Crippen molar-refractivity contribution in [2.24, 2.45) is 0 Å². The maximum atomic E-state index is 13.0. The van der Waals surface area contributed by atoms with E-state index in [2.05, 4.69) is 17.1 Å². The summed E-state index contributed by atoms with van der Waals surface area (Å²) in [5.74, 6) is 0. The predicted molar refractivity (Wildman–Crippen MR) is 80.7 cm³/mol. The second-order valence-electron chi connectivity index (χ2n) is 5.27. The molecule has 0 aliphatic carbocycles. The molecule has 1 unspecified atom stereocenters. The summed E-state index contributed by atoms with van der Waals surface area (Å²) < 4.78 is 39.1. The minimum Gasteiger partial charge on any atom is -0.315 e.